The van der Waals surface area contributed by atoms with Gasteiger partial charge in [-0.15, -0.1) is 0 Å². The van der Waals surface area contributed by atoms with Crippen molar-refractivity contribution >= 4 is 32.3 Å². The second kappa shape index (κ2) is 5.44. The van der Waals surface area contributed by atoms with Crippen LogP contribution in [-0.4, -0.2) is 29.2 Å². The summed E-state index contributed by atoms with van der Waals surface area (Å²) in [7, 11) is 0. The third-order valence-corrected chi connectivity index (χ3v) is 5.49. The molecule has 5 rings (SSSR count). The van der Waals surface area contributed by atoms with Crippen LogP contribution in [0.25, 0.3) is 32.3 Å². The molecule has 1 heterocycles. The number of hydrogen-bond donors (Lipinski definition) is 1. The second-order valence-corrected chi connectivity index (χ2v) is 7.11. The van der Waals surface area contributed by atoms with E-state index in [1.54, 1.807) is 0 Å². The van der Waals surface area contributed by atoms with Gasteiger partial charge in [0, 0.05) is 13.1 Å². The summed E-state index contributed by atoms with van der Waals surface area (Å²) in [6.07, 6.45) is 1.86. The largest absolute Gasteiger partial charge is 0.392 e. The third kappa shape index (κ3) is 2.18. The first kappa shape index (κ1) is 14.2. The van der Waals surface area contributed by atoms with Gasteiger partial charge in [0.05, 0.1) is 6.10 Å². The van der Waals surface area contributed by atoms with Crippen LogP contribution < -0.4 is 0 Å². The highest BCUT2D eigenvalue weighted by Gasteiger charge is 2.19. The monoisotopic (exact) mass is 315 g/mol. The Balaban J connectivity index is 1.69. The summed E-state index contributed by atoms with van der Waals surface area (Å²) in [6.45, 7) is 2.80. The lowest BCUT2D eigenvalue weighted by molar-refractivity contribution is 0.0670. The van der Waals surface area contributed by atoms with Crippen LogP contribution in [0.15, 0.2) is 54.6 Å². The molecule has 0 saturated carbocycles. The first-order valence-electron chi connectivity index (χ1n) is 8.85. The summed E-state index contributed by atoms with van der Waals surface area (Å²) in [4.78, 5) is 2.39. The van der Waals surface area contributed by atoms with E-state index >= 15 is 0 Å². The van der Waals surface area contributed by atoms with E-state index in [0.29, 0.717) is 0 Å². The highest BCUT2D eigenvalue weighted by Crippen LogP contribution is 2.36. The smallest absolute Gasteiger partial charge is 0.0667 e. The third-order valence-electron chi connectivity index (χ3n) is 5.49. The Labute approximate surface area is 141 Å². The highest BCUT2D eigenvalue weighted by molar-refractivity contribution is 6.23. The van der Waals surface area contributed by atoms with E-state index in [0.717, 1.165) is 32.5 Å². The molecule has 0 amide bonds. The number of piperidine rings is 1. The Morgan fingerprint density at radius 1 is 0.875 bits per heavy atom. The molecule has 2 heteroatoms. The van der Waals surface area contributed by atoms with Crippen molar-refractivity contribution in [2.24, 2.45) is 0 Å². The van der Waals surface area contributed by atoms with Crippen molar-refractivity contribution < 1.29 is 5.11 Å². The minimum absolute atomic E-state index is 0.168. The number of hydrogen-bond acceptors (Lipinski definition) is 2. The Morgan fingerprint density at radius 3 is 2.38 bits per heavy atom. The SMILES string of the molecule is O[C@H]1CCCN(Cc2ccc3ccc4cccc5ccc2c3c45)C1. The number of rotatable bonds is 2. The number of aliphatic hydroxyl groups excluding tert-OH is 1. The Hall–Kier alpha value is -2.16. The standard InChI is InChI=1S/C22H21NO/c24-19-5-2-12-23(14-19)13-18-9-8-17-7-6-15-3-1-4-16-10-11-20(18)22(17)21(15)16/h1,3-4,6-11,19,24H,2,5,12-14H2/t19-/m0/s1. The van der Waals surface area contributed by atoms with Gasteiger partial charge >= 0.3 is 0 Å². The molecule has 24 heavy (non-hydrogen) atoms. The molecule has 1 saturated heterocycles. The first-order valence-corrected chi connectivity index (χ1v) is 8.85. The van der Waals surface area contributed by atoms with Crippen molar-refractivity contribution in [3.8, 4) is 0 Å². The predicted molar refractivity (Wildman–Crippen MR) is 101 cm³/mol. The number of nitrogens with zero attached hydrogens (tertiary/aromatic N) is 1. The van der Waals surface area contributed by atoms with Crippen molar-refractivity contribution in [2.75, 3.05) is 13.1 Å². The zero-order valence-electron chi connectivity index (χ0n) is 13.7. The minimum atomic E-state index is -0.168. The minimum Gasteiger partial charge on any atom is -0.392 e. The van der Waals surface area contributed by atoms with Crippen LogP contribution >= 0.6 is 0 Å². The first-order chi connectivity index (χ1) is 11.8. The number of benzene rings is 4. The van der Waals surface area contributed by atoms with Gasteiger partial charge < -0.3 is 5.11 Å². The van der Waals surface area contributed by atoms with Crippen LogP contribution in [0.3, 0.4) is 0 Å². The van der Waals surface area contributed by atoms with E-state index < -0.39 is 0 Å². The maximum atomic E-state index is 9.95. The summed E-state index contributed by atoms with van der Waals surface area (Å²) < 4.78 is 0. The fourth-order valence-electron chi connectivity index (χ4n) is 4.35. The molecule has 1 aliphatic rings. The van der Waals surface area contributed by atoms with E-state index in [-0.39, 0.29) is 6.10 Å². The lowest BCUT2D eigenvalue weighted by atomic mass is 9.91. The van der Waals surface area contributed by atoms with Crippen LogP contribution in [0, 0.1) is 0 Å². The van der Waals surface area contributed by atoms with Crippen LogP contribution in [0.1, 0.15) is 18.4 Å². The van der Waals surface area contributed by atoms with Crippen molar-refractivity contribution in [1.29, 1.82) is 0 Å². The topological polar surface area (TPSA) is 23.5 Å². The van der Waals surface area contributed by atoms with Gasteiger partial charge in [0.15, 0.2) is 0 Å². The Morgan fingerprint density at radius 2 is 1.58 bits per heavy atom. The summed E-state index contributed by atoms with van der Waals surface area (Å²) in [5.41, 5.74) is 1.37. The summed E-state index contributed by atoms with van der Waals surface area (Å²) in [5.74, 6) is 0. The molecule has 4 aromatic rings. The van der Waals surface area contributed by atoms with Crippen LogP contribution in [0.5, 0.6) is 0 Å². The maximum absolute atomic E-state index is 9.95. The molecule has 0 bridgehead atoms. The quantitative estimate of drug-likeness (QED) is 0.549. The molecule has 1 aliphatic heterocycles. The molecule has 0 unspecified atom stereocenters. The highest BCUT2D eigenvalue weighted by atomic mass is 16.3. The second-order valence-electron chi connectivity index (χ2n) is 7.11. The van der Waals surface area contributed by atoms with Crippen LogP contribution in [0.2, 0.25) is 0 Å². The van der Waals surface area contributed by atoms with Gasteiger partial charge in [0.2, 0.25) is 0 Å². The van der Waals surface area contributed by atoms with Gasteiger partial charge in [-0.05, 0) is 57.3 Å². The lowest BCUT2D eigenvalue weighted by Crippen LogP contribution is -2.37. The molecule has 0 aliphatic carbocycles. The molecule has 2 nitrogen and oxygen atoms in total. The summed E-state index contributed by atoms with van der Waals surface area (Å²) in [5, 5.41) is 18.0. The molecule has 0 aromatic heterocycles. The predicted octanol–water partition coefficient (Wildman–Crippen LogP) is 4.54. The molecular formula is C22H21NO. The van der Waals surface area contributed by atoms with E-state index in [9.17, 15) is 5.11 Å². The zero-order valence-corrected chi connectivity index (χ0v) is 13.7. The number of β-amino-alcohol motifs (C(OH)–C–C–N with tert-alkyl or cyclic N) is 1. The van der Waals surface area contributed by atoms with Crippen molar-refractivity contribution in [1.82, 2.24) is 4.90 Å². The fourth-order valence-corrected chi connectivity index (χ4v) is 4.35. The summed E-state index contributed by atoms with van der Waals surface area (Å²) >= 11 is 0. The normalized spacial score (nSPS) is 19.6. The van der Waals surface area contributed by atoms with Gasteiger partial charge in [-0.1, -0.05) is 54.6 Å². The van der Waals surface area contributed by atoms with E-state index in [4.69, 9.17) is 0 Å². The maximum Gasteiger partial charge on any atom is 0.0667 e. The Kier molecular flexibility index (Phi) is 3.22. The summed E-state index contributed by atoms with van der Waals surface area (Å²) in [6, 6.07) is 20.1. The molecule has 4 aromatic carbocycles. The van der Waals surface area contributed by atoms with Crippen molar-refractivity contribution in [2.45, 2.75) is 25.5 Å². The number of aliphatic hydroxyl groups is 1. The van der Waals surface area contributed by atoms with Crippen LogP contribution in [-0.2, 0) is 6.54 Å². The Bertz CT molecular complexity index is 1010. The molecule has 1 atom stereocenters. The van der Waals surface area contributed by atoms with E-state index in [1.165, 1.54) is 37.9 Å². The van der Waals surface area contributed by atoms with Gasteiger partial charge in [0.1, 0.15) is 0 Å². The van der Waals surface area contributed by atoms with Crippen molar-refractivity contribution in [3.05, 3.63) is 60.2 Å². The molecule has 0 spiro atoms. The molecule has 1 fully saturated rings. The molecule has 120 valence electrons. The number of likely N-dealkylation sites (tertiary alicyclic amines) is 1. The van der Waals surface area contributed by atoms with Crippen LogP contribution in [0.4, 0.5) is 0 Å². The average molecular weight is 315 g/mol. The van der Waals surface area contributed by atoms with Crippen molar-refractivity contribution in [3.63, 3.8) is 0 Å². The van der Waals surface area contributed by atoms with E-state index in [2.05, 4.69) is 59.5 Å². The van der Waals surface area contributed by atoms with Gasteiger partial charge in [-0.2, -0.15) is 0 Å². The molecule has 1 N–H and O–H groups in total. The molecule has 0 radical (unpaired) electrons. The molecular weight excluding hydrogens is 294 g/mol. The average Bonchev–Trinajstić information content (AvgIpc) is 2.61. The lowest BCUT2D eigenvalue weighted by Gasteiger charge is -2.30. The van der Waals surface area contributed by atoms with Gasteiger partial charge in [-0.25, -0.2) is 0 Å². The van der Waals surface area contributed by atoms with Gasteiger partial charge in [-0.3, -0.25) is 4.90 Å². The van der Waals surface area contributed by atoms with Gasteiger partial charge in [0.25, 0.3) is 0 Å². The zero-order chi connectivity index (χ0) is 16.1. The van der Waals surface area contributed by atoms with E-state index in [1.807, 2.05) is 0 Å². The fraction of sp³-hybridized carbons (Fsp3) is 0.273.